The van der Waals surface area contributed by atoms with E-state index in [0.29, 0.717) is 13.0 Å². The number of hydrogen-bond acceptors (Lipinski definition) is 4. The van der Waals surface area contributed by atoms with Gasteiger partial charge in [-0.1, -0.05) is 55.3 Å². The van der Waals surface area contributed by atoms with Gasteiger partial charge in [-0.2, -0.15) is 0 Å². The molecule has 0 bridgehead atoms. The van der Waals surface area contributed by atoms with Gasteiger partial charge >= 0.3 is 0 Å². The number of benzene rings is 1. The standard InChI is InChI=1S/C21H28N2O2/c1-18-22-15-20(16-23-18)11-8-13-21(24)12-6-3-7-14-25-17-19-9-4-2-5-10-19/h2,4-5,8-11,15-16,21,24H,3,6-7,12-14,17H2,1H3/b11-8+. The maximum Gasteiger partial charge on any atom is 0.125 e. The number of aliphatic hydroxyl groups is 1. The van der Waals surface area contributed by atoms with Gasteiger partial charge in [0.15, 0.2) is 0 Å². The number of aryl methyl sites for hydroxylation is 1. The van der Waals surface area contributed by atoms with Crippen molar-refractivity contribution in [3.8, 4) is 0 Å². The smallest absolute Gasteiger partial charge is 0.125 e. The molecule has 0 aliphatic rings. The van der Waals surface area contributed by atoms with Gasteiger partial charge in [-0.15, -0.1) is 0 Å². The quantitative estimate of drug-likeness (QED) is 0.619. The van der Waals surface area contributed by atoms with Gasteiger partial charge in [0.25, 0.3) is 0 Å². The Labute approximate surface area is 150 Å². The van der Waals surface area contributed by atoms with Crippen LogP contribution in [0, 0.1) is 6.92 Å². The summed E-state index contributed by atoms with van der Waals surface area (Å²) in [5, 5.41) is 10.0. The molecule has 25 heavy (non-hydrogen) atoms. The Bertz CT molecular complexity index is 612. The zero-order valence-corrected chi connectivity index (χ0v) is 15.0. The van der Waals surface area contributed by atoms with Crippen LogP contribution in [0.25, 0.3) is 6.08 Å². The van der Waals surface area contributed by atoms with Crippen molar-refractivity contribution < 1.29 is 9.84 Å². The minimum Gasteiger partial charge on any atom is -0.393 e. The molecule has 4 nitrogen and oxygen atoms in total. The highest BCUT2D eigenvalue weighted by Crippen LogP contribution is 2.09. The van der Waals surface area contributed by atoms with Crippen molar-refractivity contribution in [1.82, 2.24) is 9.97 Å². The van der Waals surface area contributed by atoms with Crippen molar-refractivity contribution in [3.05, 3.63) is 65.8 Å². The normalized spacial score (nSPS) is 12.6. The number of rotatable bonds is 11. The third kappa shape index (κ3) is 8.57. The Morgan fingerprint density at radius 1 is 1.08 bits per heavy atom. The van der Waals surface area contributed by atoms with Crippen LogP contribution in [-0.4, -0.2) is 27.8 Å². The highest BCUT2D eigenvalue weighted by Gasteiger charge is 2.01. The summed E-state index contributed by atoms with van der Waals surface area (Å²) in [6, 6.07) is 10.2. The molecule has 134 valence electrons. The molecule has 1 heterocycles. The fourth-order valence-corrected chi connectivity index (χ4v) is 2.49. The number of hydrogen-bond donors (Lipinski definition) is 1. The van der Waals surface area contributed by atoms with Crippen molar-refractivity contribution in [2.75, 3.05) is 6.61 Å². The molecule has 1 aromatic heterocycles. The van der Waals surface area contributed by atoms with Crippen LogP contribution in [0.3, 0.4) is 0 Å². The average molecular weight is 340 g/mol. The van der Waals surface area contributed by atoms with Crippen molar-refractivity contribution in [3.63, 3.8) is 0 Å². The van der Waals surface area contributed by atoms with Crippen LogP contribution in [-0.2, 0) is 11.3 Å². The zero-order valence-electron chi connectivity index (χ0n) is 15.0. The Hall–Kier alpha value is -2.04. The topological polar surface area (TPSA) is 55.2 Å². The molecule has 0 fully saturated rings. The van der Waals surface area contributed by atoms with E-state index in [2.05, 4.69) is 22.1 Å². The van der Waals surface area contributed by atoms with Gasteiger partial charge in [-0.05, 0) is 31.7 Å². The highest BCUT2D eigenvalue weighted by molar-refractivity contribution is 5.46. The molecular formula is C21H28N2O2. The second kappa shape index (κ2) is 11.5. The molecule has 0 radical (unpaired) electrons. The second-order valence-electron chi connectivity index (χ2n) is 6.24. The third-order valence-corrected chi connectivity index (χ3v) is 3.96. The molecule has 0 aliphatic heterocycles. The van der Waals surface area contributed by atoms with E-state index in [-0.39, 0.29) is 6.10 Å². The molecule has 0 spiro atoms. The minimum absolute atomic E-state index is 0.284. The lowest BCUT2D eigenvalue weighted by atomic mass is 10.1. The lowest BCUT2D eigenvalue weighted by Gasteiger charge is -2.08. The van der Waals surface area contributed by atoms with E-state index in [0.717, 1.165) is 43.7 Å². The Balaban J connectivity index is 1.48. The average Bonchev–Trinajstić information content (AvgIpc) is 2.63. The van der Waals surface area contributed by atoms with Gasteiger partial charge in [0.1, 0.15) is 5.82 Å². The summed E-state index contributed by atoms with van der Waals surface area (Å²) < 4.78 is 5.66. The third-order valence-electron chi connectivity index (χ3n) is 3.96. The molecule has 2 aromatic rings. The molecule has 4 heteroatoms. The van der Waals surface area contributed by atoms with E-state index in [1.807, 2.05) is 37.3 Å². The molecule has 0 saturated carbocycles. The summed E-state index contributed by atoms with van der Waals surface area (Å²) in [5.74, 6) is 0.768. The summed E-state index contributed by atoms with van der Waals surface area (Å²) in [4.78, 5) is 8.29. The van der Waals surface area contributed by atoms with Crippen LogP contribution >= 0.6 is 0 Å². The molecule has 0 aliphatic carbocycles. The van der Waals surface area contributed by atoms with Crippen LogP contribution < -0.4 is 0 Å². The summed E-state index contributed by atoms with van der Waals surface area (Å²) in [6.07, 6.45) is 11.9. The lowest BCUT2D eigenvalue weighted by Crippen LogP contribution is -2.04. The SMILES string of the molecule is Cc1ncc(/C=C/CC(O)CCCCCOCc2ccccc2)cn1. The lowest BCUT2D eigenvalue weighted by molar-refractivity contribution is 0.114. The van der Waals surface area contributed by atoms with Crippen molar-refractivity contribution in [2.24, 2.45) is 0 Å². The van der Waals surface area contributed by atoms with E-state index in [4.69, 9.17) is 4.74 Å². The summed E-state index contributed by atoms with van der Waals surface area (Å²) in [7, 11) is 0. The summed E-state index contributed by atoms with van der Waals surface area (Å²) in [6.45, 7) is 3.32. The first kappa shape index (κ1) is 19.3. The van der Waals surface area contributed by atoms with E-state index in [1.54, 1.807) is 12.4 Å². The van der Waals surface area contributed by atoms with Gasteiger partial charge < -0.3 is 9.84 Å². The van der Waals surface area contributed by atoms with E-state index in [9.17, 15) is 5.11 Å². The van der Waals surface area contributed by atoms with Crippen LogP contribution in [0.2, 0.25) is 0 Å². The van der Waals surface area contributed by atoms with Crippen molar-refractivity contribution in [2.45, 2.75) is 51.7 Å². The van der Waals surface area contributed by atoms with Gasteiger partial charge in [-0.25, -0.2) is 9.97 Å². The number of aromatic nitrogens is 2. The van der Waals surface area contributed by atoms with E-state index >= 15 is 0 Å². The summed E-state index contributed by atoms with van der Waals surface area (Å²) in [5.41, 5.74) is 2.18. The molecule has 1 atom stereocenters. The predicted octanol–water partition coefficient (Wildman–Crippen LogP) is 4.33. The maximum atomic E-state index is 10.0. The van der Waals surface area contributed by atoms with Crippen molar-refractivity contribution in [1.29, 1.82) is 0 Å². The molecular weight excluding hydrogens is 312 g/mol. The number of aliphatic hydroxyl groups excluding tert-OH is 1. The van der Waals surface area contributed by atoms with Crippen LogP contribution in [0.5, 0.6) is 0 Å². The van der Waals surface area contributed by atoms with E-state index < -0.39 is 0 Å². The monoisotopic (exact) mass is 340 g/mol. The molecule has 2 rings (SSSR count). The molecule has 0 amide bonds. The Morgan fingerprint density at radius 2 is 1.84 bits per heavy atom. The fourth-order valence-electron chi connectivity index (χ4n) is 2.49. The predicted molar refractivity (Wildman–Crippen MR) is 101 cm³/mol. The number of unbranched alkanes of at least 4 members (excludes halogenated alkanes) is 2. The molecule has 1 unspecified atom stereocenters. The first-order valence-electron chi connectivity index (χ1n) is 8.99. The van der Waals surface area contributed by atoms with E-state index in [1.165, 1.54) is 5.56 Å². The van der Waals surface area contributed by atoms with Gasteiger partial charge in [0.2, 0.25) is 0 Å². The van der Waals surface area contributed by atoms with Gasteiger partial charge in [0, 0.05) is 24.6 Å². The minimum atomic E-state index is -0.284. The van der Waals surface area contributed by atoms with Crippen LogP contribution in [0.15, 0.2) is 48.8 Å². The van der Waals surface area contributed by atoms with Crippen molar-refractivity contribution >= 4 is 6.08 Å². The van der Waals surface area contributed by atoms with Crippen LogP contribution in [0.4, 0.5) is 0 Å². The number of ether oxygens (including phenoxy) is 1. The first-order chi connectivity index (χ1) is 12.2. The second-order valence-corrected chi connectivity index (χ2v) is 6.24. The first-order valence-corrected chi connectivity index (χ1v) is 8.99. The highest BCUT2D eigenvalue weighted by atomic mass is 16.5. The largest absolute Gasteiger partial charge is 0.393 e. The Morgan fingerprint density at radius 3 is 2.60 bits per heavy atom. The molecule has 1 aromatic carbocycles. The Kier molecular flexibility index (Phi) is 8.87. The van der Waals surface area contributed by atoms with Gasteiger partial charge in [0.05, 0.1) is 12.7 Å². The maximum absolute atomic E-state index is 10.0. The molecule has 0 saturated heterocycles. The summed E-state index contributed by atoms with van der Waals surface area (Å²) >= 11 is 0. The van der Waals surface area contributed by atoms with Gasteiger partial charge in [-0.3, -0.25) is 0 Å². The fraction of sp³-hybridized carbons (Fsp3) is 0.429. The number of nitrogens with zero attached hydrogens (tertiary/aromatic N) is 2. The molecule has 1 N–H and O–H groups in total. The van der Waals surface area contributed by atoms with Crippen LogP contribution in [0.1, 0.15) is 49.1 Å². The zero-order chi connectivity index (χ0) is 17.7.